The van der Waals surface area contributed by atoms with Gasteiger partial charge in [0.1, 0.15) is 0 Å². The van der Waals surface area contributed by atoms with Crippen LogP contribution < -0.4 is 25.5 Å². The fourth-order valence-corrected chi connectivity index (χ4v) is 13.2. The Morgan fingerprint density at radius 2 is 1.02 bits per heavy atom. The van der Waals surface area contributed by atoms with Gasteiger partial charge >= 0.3 is 0 Å². The Morgan fingerprint density at radius 1 is 0.475 bits per heavy atom. The van der Waals surface area contributed by atoms with Crippen LogP contribution in [0.4, 0.5) is 34.1 Å². The molecule has 2 aliphatic carbocycles. The van der Waals surface area contributed by atoms with Crippen molar-refractivity contribution in [3.8, 4) is 22.3 Å². The molecule has 0 N–H and O–H groups in total. The predicted molar refractivity (Wildman–Crippen MR) is 265 cm³/mol. The molecule has 3 heterocycles. The fraction of sp³-hybridized carbons (Fsp3) is 0.298. The average molecular weight is 813 g/mol. The molecule has 7 aromatic rings. The Balaban J connectivity index is 1.23. The lowest BCUT2D eigenvalue weighted by atomic mass is 9.35. The van der Waals surface area contributed by atoms with Crippen molar-refractivity contribution >= 4 is 67.9 Å². The molecule has 4 heteroatoms. The summed E-state index contributed by atoms with van der Waals surface area (Å²) in [6, 6.07) is 50.8. The molecule has 0 saturated carbocycles. The number of thiophene rings is 1. The summed E-state index contributed by atoms with van der Waals surface area (Å²) < 4.78 is 1.49. The molecule has 0 spiro atoms. The van der Waals surface area contributed by atoms with E-state index in [4.69, 9.17) is 0 Å². The second kappa shape index (κ2) is 13.3. The maximum absolute atomic E-state index is 2.75. The van der Waals surface area contributed by atoms with Crippen LogP contribution in [0.25, 0.3) is 22.3 Å². The van der Waals surface area contributed by atoms with Gasteiger partial charge in [0.2, 0.25) is 0 Å². The molecule has 0 amide bonds. The van der Waals surface area contributed by atoms with Crippen LogP contribution in [0, 0.1) is 6.92 Å². The number of anilines is 6. The molecule has 0 saturated heterocycles. The molecule has 1 aromatic heterocycles. The van der Waals surface area contributed by atoms with Gasteiger partial charge in [-0.2, -0.15) is 11.3 Å². The lowest BCUT2D eigenvalue weighted by Crippen LogP contribution is -2.60. The molecule has 0 bridgehead atoms. The van der Waals surface area contributed by atoms with E-state index < -0.39 is 0 Å². The Morgan fingerprint density at radius 3 is 1.69 bits per heavy atom. The maximum atomic E-state index is 2.75. The normalized spacial score (nSPS) is 18.4. The molecule has 0 radical (unpaired) electrons. The SMILES string of the molecule is Cc1cc2c3c(c1)N(c1ccc4c(c1)C(C)(C)CCC4(C)C)c1c(sc4c1C(C)(C)CCC4(C)C)B3c1cc(-c3ccccc3)ccc1N2c1ccc(-c2ccccc2)cc1. The van der Waals surface area contributed by atoms with Crippen LogP contribution in [0.15, 0.2) is 133 Å². The second-order valence-electron chi connectivity index (χ2n) is 21.2. The van der Waals surface area contributed by atoms with Crippen molar-refractivity contribution in [1.29, 1.82) is 0 Å². The fourth-order valence-electron chi connectivity index (χ4n) is 11.4. The number of hydrogen-bond donors (Lipinski definition) is 0. The van der Waals surface area contributed by atoms with E-state index in [9.17, 15) is 0 Å². The summed E-state index contributed by atoms with van der Waals surface area (Å²) >= 11 is 2.12. The zero-order valence-corrected chi connectivity index (χ0v) is 38.2. The van der Waals surface area contributed by atoms with Gasteiger partial charge in [-0.15, -0.1) is 0 Å². The number of rotatable bonds is 4. The Hall–Kier alpha value is -5.32. The summed E-state index contributed by atoms with van der Waals surface area (Å²) in [6.45, 7) is 22.3. The third-order valence-electron chi connectivity index (χ3n) is 15.1. The summed E-state index contributed by atoms with van der Waals surface area (Å²) in [7, 11) is 0. The maximum Gasteiger partial charge on any atom is 0.264 e. The first-order valence-corrected chi connectivity index (χ1v) is 23.4. The van der Waals surface area contributed by atoms with Gasteiger partial charge in [0.15, 0.2) is 0 Å². The summed E-state index contributed by atoms with van der Waals surface area (Å²) in [6.07, 6.45) is 4.77. The van der Waals surface area contributed by atoms with E-state index in [1.807, 2.05) is 0 Å². The highest BCUT2D eigenvalue weighted by Gasteiger charge is 2.51. The number of fused-ring (bicyclic) bond motifs is 7. The zero-order valence-electron chi connectivity index (χ0n) is 37.4. The van der Waals surface area contributed by atoms with Crippen molar-refractivity contribution in [2.45, 2.75) is 110 Å². The summed E-state index contributed by atoms with van der Waals surface area (Å²) in [4.78, 5) is 6.89. The molecule has 0 atom stereocenters. The Kier molecular flexibility index (Phi) is 8.44. The van der Waals surface area contributed by atoms with Crippen molar-refractivity contribution in [1.82, 2.24) is 0 Å². The van der Waals surface area contributed by atoms with Gasteiger partial charge in [-0.1, -0.05) is 146 Å². The third-order valence-corrected chi connectivity index (χ3v) is 16.7. The molecule has 2 nitrogen and oxygen atoms in total. The summed E-state index contributed by atoms with van der Waals surface area (Å²) in [5.74, 6) is 0. The molecular weight excluding hydrogens is 756 g/mol. The largest absolute Gasteiger partial charge is 0.311 e. The Bertz CT molecular complexity index is 2880. The zero-order chi connectivity index (χ0) is 42.2. The van der Waals surface area contributed by atoms with Crippen molar-refractivity contribution in [2.24, 2.45) is 0 Å². The van der Waals surface area contributed by atoms with Gasteiger partial charge in [0, 0.05) is 38.1 Å². The number of hydrogen-bond acceptors (Lipinski definition) is 3. The first-order chi connectivity index (χ1) is 29.1. The van der Waals surface area contributed by atoms with Crippen LogP contribution in [0.1, 0.15) is 108 Å². The average Bonchev–Trinajstić information content (AvgIpc) is 3.68. The number of nitrogens with zero attached hydrogens (tertiary/aromatic N) is 2. The van der Waals surface area contributed by atoms with Crippen LogP contribution in [0.3, 0.4) is 0 Å². The molecule has 4 aliphatic rings. The minimum Gasteiger partial charge on any atom is -0.311 e. The van der Waals surface area contributed by atoms with E-state index in [-0.39, 0.29) is 28.4 Å². The smallest absolute Gasteiger partial charge is 0.264 e. The van der Waals surface area contributed by atoms with E-state index in [2.05, 4.69) is 217 Å². The van der Waals surface area contributed by atoms with E-state index in [1.54, 1.807) is 10.4 Å². The van der Waals surface area contributed by atoms with E-state index in [0.717, 1.165) is 0 Å². The highest BCUT2D eigenvalue weighted by Crippen LogP contribution is 2.57. The predicted octanol–water partition coefficient (Wildman–Crippen LogP) is 14.2. The molecule has 0 fully saturated rings. The minimum absolute atomic E-state index is 0.0305. The van der Waals surface area contributed by atoms with E-state index in [1.165, 1.54) is 114 Å². The molecule has 61 heavy (non-hydrogen) atoms. The van der Waals surface area contributed by atoms with Gasteiger partial charge < -0.3 is 9.80 Å². The summed E-state index contributed by atoms with van der Waals surface area (Å²) in [5.41, 5.74) is 21.8. The van der Waals surface area contributed by atoms with Gasteiger partial charge in [-0.25, -0.2) is 0 Å². The molecular formula is C57H57BN2S. The lowest BCUT2D eigenvalue weighted by molar-refractivity contribution is 0.332. The van der Waals surface area contributed by atoms with Crippen molar-refractivity contribution in [2.75, 3.05) is 9.80 Å². The molecule has 6 aromatic carbocycles. The van der Waals surface area contributed by atoms with Gasteiger partial charge in [0.25, 0.3) is 6.71 Å². The molecule has 304 valence electrons. The lowest BCUT2D eigenvalue weighted by Gasteiger charge is -2.46. The number of aryl methyl sites for hydroxylation is 1. The second-order valence-corrected chi connectivity index (χ2v) is 22.2. The number of benzene rings is 6. The molecule has 2 aliphatic heterocycles. The van der Waals surface area contributed by atoms with Gasteiger partial charge in [-0.3, -0.25) is 0 Å². The first-order valence-electron chi connectivity index (χ1n) is 22.6. The molecule has 11 rings (SSSR count). The Labute approximate surface area is 368 Å². The quantitative estimate of drug-likeness (QED) is 0.163. The molecule has 0 unspecified atom stereocenters. The van der Waals surface area contributed by atoms with Crippen molar-refractivity contribution in [3.63, 3.8) is 0 Å². The van der Waals surface area contributed by atoms with Crippen LogP contribution in [0.5, 0.6) is 0 Å². The van der Waals surface area contributed by atoms with Crippen LogP contribution in [-0.2, 0) is 21.7 Å². The highest BCUT2D eigenvalue weighted by atomic mass is 32.1. The van der Waals surface area contributed by atoms with Crippen LogP contribution in [0.2, 0.25) is 0 Å². The first kappa shape index (κ1) is 38.6. The van der Waals surface area contributed by atoms with Crippen LogP contribution >= 0.6 is 11.3 Å². The summed E-state index contributed by atoms with van der Waals surface area (Å²) in [5, 5.41) is 0. The van der Waals surface area contributed by atoms with E-state index >= 15 is 0 Å². The van der Waals surface area contributed by atoms with Crippen molar-refractivity contribution < 1.29 is 0 Å². The standard InChI is InChI=1S/C57H57BN2S/c1-36-32-47-50-48(33-36)60(42-25-26-43-44(35-42)55(4,5)29-28-54(43,2)3)51-49-52(57(8,9)31-30-56(49,6)7)61-53(51)58(50)45-34-40(38-18-14-11-15-19-38)22-27-46(45)59(47)41-23-20-39(21-24-41)37-16-12-10-13-17-37/h10-27,32-35H,28-31H2,1-9H3. The van der Waals surface area contributed by atoms with Crippen molar-refractivity contribution in [3.05, 3.63) is 161 Å². The van der Waals surface area contributed by atoms with E-state index in [0.29, 0.717) is 0 Å². The minimum atomic E-state index is 0.0305. The van der Waals surface area contributed by atoms with Crippen LogP contribution in [-0.4, -0.2) is 6.71 Å². The van der Waals surface area contributed by atoms with Gasteiger partial charge in [0.05, 0.1) is 5.69 Å². The van der Waals surface area contributed by atoms with Gasteiger partial charge in [-0.05, 0) is 152 Å². The topological polar surface area (TPSA) is 6.48 Å². The highest BCUT2D eigenvalue weighted by molar-refractivity contribution is 7.29. The monoisotopic (exact) mass is 812 g/mol. The third kappa shape index (κ3) is 5.88.